The molecule has 0 unspecified atom stereocenters. The van der Waals surface area contributed by atoms with Crippen LogP contribution in [-0.4, -0.2) is 22.3 Å². The minimum Gasteiger partial charge on any atom is -0.507 e. The fourth-order valence-electron chi connectivity index (χ4n) is 1.54. The van der Waals surface area contributed by atoms with E-state index in [2.05, 4.69) is 42.4 Å². The first-order chi connectivity index (χ1) is 9.99. The molecule has 0 bridgehead atoms. The average molecular weight is 414 g/mol. The second-order valence-electron chi connectivity index (χ2n) is 4.04. The van der Waals surface area contributed by atoms with E-state index in [1.54, 1.807) is 18.2 Å². The smallest absolute Gasteiger partial charge is 0.275 e. The lowest BCUT2D eigenvalue weighted by Crippen LogP contribution is -2.17. The molecule has 0 radical (unpaired) electrons. The standard InChI is InChI=1S/C14H10Br2N2O3/c15-10-6-11(16)13(20)5-8(10)7-17-18-14(21)9-3-1-2-4-12(9)19/h1-7,19-20H,(H,18,21)/b17-7+. The van der Waals surface area contributed by atoms with E-state index < -0.39 is 5.91 Å². The van der Waals surface area contributed by atoms with Gasteiger partial charge in [0.2, 0.25) is 0 Å². The van der Waals surface area contributed by atoms with Gasteiger partial charge in [-0.2, -0.15) is 5.10 Å². The highest BCUT2D eigenvalue weighted by molar-refractivity contribution is 9.11. The largest absolute Gasteiger partial charge is 0.507 e. The van der Waals surface area contributed by atoms with Crippen molar-refractivity contribution in [3.8, 4) is 11.5 Å². The summed E-state index contributed by atoms with van der Waals surface area (Å²) in [7, 11) is 0. The van der Waals surface area contributed by atoms with Gasteiger partial charge >= 0.3 is 0 Å². The van der Waals surface area contributed by atoms with Gasteiger partial charge in [-0.3, -0.25) is 4.79 Å². The van der Waals surface area contributed by atoms with Gasteiger partial charge in [-0.25, -0.2) is 5.43 Å². The highest BCUT2D eigenvalue weighted by Crippen LogP contribution is 2.29. The Morgan fingerprint density at radius 1 is 1.10 bits per heavy atom. The molecule has 1 amide bonds. The monoisotopic (exact) mass is 412 g/mol. The molecule has 0 aliphatic rings. The number of nitrogens with one attached hydrogen (secondary N) is 1. The molecule has 5 nitrogen and oxygen atoms in total. The molecule has 0 saturated carbocycles. The van der Waals surface area contributed by atoms with Gasteiger partial charge in [-0.05, 0) is 40.2 Å². The highest BCUT2D eigenvalue weighted by atomic mass is 79.9. The molecule has 0 aliphatic heterocycles. The van der Waals surface area contributed by atoms with Crippen molar-refractivity contribution in [2.24, 2.45) is 5.10 Å². The lowest BCUT2D eigenvalue weighted by molar-refractivity contribution is 0.0952. The number of rotatable bonds is 3. The van der Waals surface area contributed by atoms with E-state index in [4.69, 9.17) is 0 Å². The van der Waals surface area contributed by atoms with Gasteiger partial charge in [0.1, 0.15) is 11.5 Å². The van der Waals surface area contributed by atoms with Crippen molar-refractivity contribution in [3.05, 3.63) is 56.5 Å². The van der Waals surface area contributed by atoms with Gasteiger partial charge < -0.3 is 10.2 Å². The molecule has 0 spiro atoms. The minimum absolute atomic E-state index is 0.0617. The van der Waals surface area contributed by atoms with E-state index in [1.165, 1.54) is 24.4 Å². The number of hydrogen-bond acceptors (Lipinski definition) is 4. The Kier molecular flexibility index (Phi) is 4.98. The van der Waals surface area contributed by atoms with Gasteiger partial charge in [0.25, 0.3) is 5.91 Å². The van der Waals surface area contributed by atoms with Crippen molar-refractivity contribution in [1.29, 1.82) is 0 Å². The zero-order valence-electron chi connectivity index (χ0n) is 10.5. The molecule has 0 atom stereocenters. The van der Waals surface area contributed by atoms with E-state index >= 15 is 0 Å². The quantitative estimate of drug-likeness (QED) is 0.532. The van der Waals surface area contributed by atoms with Gasteiger partial charge in [-0.15, -0.1) is 0 Å². The van der Waals surface area contributed by atoms with Gasteiger partial charge in [0.05, 0.1) is 16.3 Å². The second kappa shape index (κ2) is 6.73. The van der Waals surface area contributed by atoms with Crippen molar-refractivity contribution in [3.63, 3.8) is 0 Å². The second-order valence-corrected chi connectivity index (χ2v) is 5.75. The fraction of sp³-hybridized carbons (Fsp3) is 0. The van der Waals surface area contributed by atoms with Crippen LogP contribution in [0.25, 0.3) is 0 Å². The molecule has 0 heterocycles. The van der Waals surface area contributed by atoms with E-state index in [9.17, 15) is 15.0 Å². The minimum atomic E-state index is -0.526. The number of phenols is 2. The number of amides is 1. The maximum atomic E-state index is 11.8. The summed E-state index contributed by atoms with van der Waals surface area (Å²) < 4.78 is 1.25. The zero-order valence-corrected chi connectivity index (χ0v) is 13.7. The first-order valence-electron chi connectivity index (χ1n) is 5.78. The van der Waals surface area contributed by atoms with Crippen LogP contribution in [0.4, 0.5) is 0 Å². The third-order valence-corrected chi connectivity index (χ3v) is 3.91. The molecule has 2 aromatic carbocycles. The Hall–Kier alpha value is -1.86. The number of para-hydroxylation sites is 1. The van der Waals surface area contributed by atoms with E-state index in [0.717, 1.165) is 0 Å². The van der Waals surface area contributed by atoms with Crippen molar-refractivity contribution >= 4 is 44.0 Å². The Morgan fingerprint density at radius 2 is 1.81 bits per heavy atom. The predicted molar refractivity (Wildman–Crippen MR) is 86.7 cm³/mol. The summed E-state index contributed by atoms with van der Waals surface area (Å²) in [6.45, 7) is 0. The number of benzene rings is 2. The zero-order chi connectivity index (χ0) is 15.4. The van der Waals surface area contributed by atoms with Crippen molar-refractivity contribution in [2.45, 2.75) is 0 Å². The fourth-order valence-corrected chi connectivity index (χ4v) is 2.64. The number of carbonyl (C=O) groups excluding carboxylic acids is 1. The molecular weight excluding hydrogens is 404 g/mol. The van der Waals surface area contributed by atoms with Gasteiger partial charge in [-0.1, -0.05) is 28.1 Å². The Bertz CT molecular complexity index is 717. The highest BCUT2D eigenvalue weighted by Gasteiger charge is 2.09. The molecular formula is C14H10Br2N2O3. The topological polar surface area (TPSA) is 81.9 Å². The van der Waals surface area contributed by atoms with Crippen LogP contribution < -0.4 is 5.43 Å². The average Bonchev–Trinajstić information content (AvgIpc) is 2.44. The summed E-state index contributed by atoms with van der Waals surface area (Å²) in [5.41, 5.74) is 3.03. The van der Waals surface area contributed by atoms with Crippen LogP contribution in [0.3, 0.4) is 0 Å². The maximum Gasteiger partial charge on any atom is 0.275 e. The van der Waals surface area contributed by atoms with Gasteiger partial charge in [0, 0.05) is 10.0 Å². The Morgan fingerprint density at radius 3 is 2.52 bits per heavy atom. The molecule has 108 valence electrons. The van der Waals surface area contributed by atoms with Crippen LogP contribution in [-0.2, 0) is 0 Å². The molecule has 0 aliphatic carbocycles. The number of hydrazone groups is 1. The molecule has 2 rings (SSSR count). The Labute approximate surface area is 137 Å². The lowest BCUT2D eigenvalue weighted by Gasteiger charge is -2.03. The van der Waals surface area contributed by atoms with E-state index in [1.807, 2.05) is 0 Å². The van der Waals surface area contributed by atoms with Crippen LogP contribution in [0, 0.1) is 0 Å². The normalized spacial score (nSPS) is 10.8. The van der Waals surface area contributed by atoms with Crippen LogP contribution >= 0.6 is 31.9 Å². The lowest BCUT2D eigenvalue weighted by atomic mass is 10.2. The maximum absolute atomic E-state index is 11.8. The van der Waals surface area contributed by atoms with Crippen LogP contribution in [0.1, 0.15) is 15.9 Å². The Balaban J connectivity index is 2.11. The number of hydrogen-bond donors (Lipinski definition) is 3. The first kappa shape index (κ1) is 15.5. The summed E-state index contributed by atoms with van der Waals surface area (Å²) >= 11 is 6.51. The summed E-state index contributed by atoms with van der Waals surface area (Å²) in [6, 6.07) is 9.33. The summed E-state index contributed by atoms with van der Waals surface area (Å²) in [6.07, 6.45) is 1.38. The third-order valence-electron chi connectivity index (χ3n) is 2.58. The van der Waals surface area contributed by atoms with Crippen molar-refractivity contribution in [1.82, 2.24) is 5.43 Å². The number of carbonyl (C=O) groups is 1. The number of nitrogens with zero attached hydrogens (tertiary/aromatic N) is 1. The molecule has 3 N–H and O–H groups in total. The SMILES string of the molecule is O=C(N/N=C/c1cc(O)c(Br)cc1Br)c1ccccc1O. The molecule has 2 aromatic rings. The van der Waals surface area contributed by atoms with E-state index in [0.29, 0.717) is 14.5 Å². The third kappa shape index (κ3) is 3.83. The summed E-state index contributed by atoms with van der Waals surface area (Å²) in [4.78, 5) is 11.8. The summed E-state index contributed by atoms with van der Waals surface area (Å²) in [5.74, 6) is -0.582. The number of halogens is 2. The van der Waals surface area contributed by atoms with Crippen molar-refractivity contribution in [2.75, 3.05) is 0 Å². The van der Waals surface area contributed by atoms with E-state index in [-0.39, 0.29) is 17.1 Å². The number of phenolic OH excluding ortho intramolecular Hbond substituents is 2. The van der Waals surface area contributed by atoms with Crippen molar-refractivity contribution < 1.29 is 15.0 Å². The van der Waals surface area contributed by atoms with Crippen LogP contribution in [0.5, 0.6) is 11.5 Å². The molecule has 0 saturated heterocycles. The van der Waals surface area contributed by atoms with Crippen LogP contribution in [0.15, 0.2) is 50.4 Å². The first-order valence-corrected chi connectivity index (χ1v) is 7.37. The molecule has 0 fully saturated rings. The molecule has 7 heteroatoms. The predicted octanol–water partition coefficient (Wildman–Crippen LogP) is 3.39. The number of aromatic hydroxyl groups is 2. The van der Waals surface area contributed by atoms with Gasteiger partial charge in [0.15, 0.2) is 0 Å². The molecule has 0 aromatic heterocycles. The summed E-state index contributed by atoms with van der Waals surface area (Å²) in [5, 5.41) is 22.9. The van der Waals surface area contributed by atoms with Crippen LogP contribution in [0.2, 0.25) is 0 Å². The molecule has 21 heavy (non-hydrogen) atoms.